The minimum atomic E-state index is 0.647. The molecule has 1 aliphatic rings. The van der Waals surface area contributed by atoms with E-state index >= 15 is 0 Å². The van der Waals surface area contributed by atoms with E-state index in [4.69, 9.17) is 21.1 Å². The number of methoxy groups -OCH3 is 1. The van der Waals surface area contributed by atoms with Crippen molar-refractivity contribution in [3.8, 4) is 0 Å². The molecule has 0 radical (unpaired) electrons. The van der Waals surface area contributed by atoms with Gasteiger partial charge in [0, 0.05) is 45.4 Å². The first kappa shape index (κ1) is 22.9. The first-order valence-corrected chi connectivity index (χ1v) is 10.6. The Kier molecular flexibility index (Phi) is 11.3. The lowest BCUT2D eigenvalue weighted by Gasteiger charge is -2.32. The number of halogens is 1. The standard InChI is InChI=1S/C21H35ClN4O2/c1-23-21(24-10-5-13-28-15-14-27-2)25-16-18-8-11-26(12-9-18)17-19-6-3-4-7-20(19)22/h3-4,6-7,18H,5,8-17H2,1-2H3,(H2,23,24,25). The van der Waals surface area contributed by atoms with Crippen molar-refractivity contribution in [2.45, 2.75) is 25.8 Å². The normalized spacial score (nSPS) is 16.3. The Balaban J connectivity index is 1.57. The average Bonchev–Trinajstić information content (AvgIpc) is 2.72. The number of nitrogens with zero attached hydrogens (tertiary/aromatic N) is 2. The predicted molar refractivity (Wildman–Crippen MR) is 116 cm³/mol. The van der Waals surface area contributed by atoms with Gasteiger partial charge in [-0.2, -0.15) is 0 Å². The molecule has 0 atom stereocenters. The fraction of sp³-hybridized carbons (Fsp3) is 0.667. The van der Waals surface area contributed by atoms with Gasteiger partial charge in [0.1, 0.15) is 0 Å². The molecular formula is C21H35ClN4O2. The van der Waals surface area contributed by atoms with Crippen LogP contribution in [0.15, 0.2) is 29.3 Å². The molecular weight excluding hydrogens is 376 g/mol. The van der Waals surface area contributed by atoms with Crippen LogP contribution in [0.2, 0.25) is 5.02 Å². The molecule has 1 saturated heterocycles. The van der Waals surface area contributed by atoms with Crippen molar-refractivity contribution in [3.63, 3.8) is 0 Å². The van der Waals surface area contributed by atoms with Gasteiger partial charge in [-0.25, -0.2) is 0 Å². The molecule has 2 rings (SSSR count). The molecule has 0 spiro atoms. The molecule has 0 amide bonds. The summed E-state index contributed by atoms with van der Waals surface area (Å²) in [5.74, 6) is 1.55. The molecule has 2 N–H and O–H groups in total. The van der Waals surface area contributed by atoms with Crippen molar-refractivity contribution < 1.29 is 9.47 Å². The van der Waals surface area contributed by atoms with Gasteiger partial charge >= 0.3 is 0 Å². The van der Waals surface area contributed by atoms with Gasteiger partial charge in [0.2, 0.25) is 0 Å². The molecule has 7 heteroatoms. The maximum Gasteiger partial charge on any atom is 0.190 e. The Bertz CT molecular complexity index is 577. The minimum Gasteiger partial charge on any atom is -0.382 e. The first-order valence-electron chi connectivity index (χ1n) is 10.2. The zero-order valence-corrected chi connectivity index (χ0v) is 18.0. The van der Waals surface area contributed by atoms with E-state index in [9.17, 15) is 0 Å². The number of hydrogen-bond donors (Lipinski definition) is 2. The highest BCUT2D eigenvalue weighted by molar-refractivity contribution is 6.31. The summed E-state index contributed by atoms with van der Waals surface area (Å²) < 4.78 is 10.4. The third-order valence-corrected chi connectivity index (χ3v) is 5.40. The van der Waals surface area contributed by atoms with Crippen molar-refractivity contribution in [2.75, 3.05) is 60.2 Å². The van der Waals surface area contributed by atoms with Crippen LogP contribution in [0.5, 0.6) is 0 Å². The second kappa shape index (κ2) is 13.8. The van der Waals surface area contributed by atoms with Crippen molar-refractivity contribution >= 4 is 17.6 Å². The Hall–Kier alpha value is -1.34. The minimum absolute atomic E-state index is 0.647. The lowest BCUT2D eigenvalue weighted by atomic mass is 9.96. The maximum absolute atomic E-state index is 6.29. The molecule has 28 heavy (non-hydrogen) atoms. The molecule has 0 unspecified atom stereocenters. The number of hydrogen-bond acceptors (Lipinski definition) is 4. The van der Waals surface area contributed by atoms with E-state index in [0.29, 0.717) is 19.1 Å². The summed E-state index contributed by atoms with van der Waals surface area (Å²) >= 11 is 6.29. The van der Waals surface area contributed by atoms with Gasteiger partial charge in [0.25, 0.3) is 0 Å². The van der Waals surface area contributed by atoms with Gasteiger partial charge in [-0.05, 0) is 49.9 Å². The summed E-state index contributed by atoms with van der Waals surface area (Å²) in [6, 6.07) is 8.13. The van der Waals surface area contributed by atoms with E-state index in [1.807, 2.05) is 19.2 Å². The molecule has 0 aromatic heterocycles. The zero-order valence-electron chi connectivity index (χ0n) is 17.3. The summed E-state index contributed by atoms with van der Waals surface area (Å²) in [5, 5.41) is 7.68. The highest BCUT2D eigenvalue weighted by Crippen LogP contribution is 2.21. The van der Waals surface area contributed by atoms with Crippen molar-refractivity contribution in [1.82, 2.24) is 15.5 Å². The number of nitrogens with one attached hydrogen (secondary N) is 2. The lowest BCUT2D eigenvalue weighted by Crippen LogP contribution is -2.43. The largest absolute Gasteiger partial charge is 0.382 e. The number of benzene rings is 1. The van der Waals surface area contributed by atoms with Crippen LogP contribution in [0.3, 0.4) is 0 Å². The average molecular weight is 411 g/mol. The number of ether oxygens (including phenoxy) is 2. The van der Waals surface area contributed by atoms with Gasteiger partial charge in [-0.3, -0.25) is 9.89 Å². The van der Waals surface area contributed by atoms with E-state index in [0.717, 1.165) is 56.7 Å². The number of guanidine groups is 1. The van der Waals surface area contributed by atoms with Crippen molar-refractivity contribution in [3.05, 3.63) is 34.9 Å². The fourth-order valence-corrected chi connectivity index (χ4v) is 3.50. The molecule has 6 nitrogen and oxygen atoms in total. The summed E-state index contributed by atoms with van der Waals surface area (Å²) in [7, 11) is 3.50. The third kappa shape index (κ3) is 8.78. The van der Waals surface area contributed by atoms with E-state index in [-0.39, 0.29) is 0 Å². The molecule has 1 aliphatic heterocycles. The van der Waals surface area contributed by atoms with Crippen molar-refractivity contribution in [2.24, 2.45) is 10.9 Å². The Morgan fingerprint density at radius 3 is 2.68 bits per heavy atom. The zero-order chi connectivity index (χ0) is 20.0. The number of piperidine rings is 1. The molecule has 1 fully saturated rings. The summed E-state index contributed by atoms with van der Waals surface area (Å²) in [4.78, 5) is 6.80. The molecule has 1 heterocycles. The molecule has 158 valence electrons. The van der Waals surface area contributed by atoms with Crippen LogP contribution in [0, 0.1) is 5.92 Å². The van der Waals surface area contributed by atoms with Gasteiger partial charge in [-0.1, -0.05) is 29.8 Å². The Morgan fingerprint density at radius 2 is 1.96 bits per heavy atom. The summed E-state index contributed by atoms with van der Waals surface area (Å²) in [6.45, 7) is 7.01. The van der Waals surface area contributed by atoms with Gasteiger partial charge in [0.15, 0.2) is 5.96 Å². The first-order chi connectivity index (χ1) is 13.7. The van der Waals surface area contributed by atoms with Crippen LogP contribution >= 0.6 is 11.6 Å². The number of likely N-dealkylation sites (tertiary alicyclic amines) is 1. The van der Waals surface area contributed by atoms with Crippen molar-refractivity contribution in [1.29, 1.82) is 0 Å². The van der Waals surface area contributed by atoms with Crippen LogP contribution in [-0.2, 0) is 16.0 Å². The van der Waals surface area contributed by atoms with Gasteiger partial charge < -0.3 is 20.1 Å². The monoisotopic (exact) mass is 410 g/mol. The molecule has 1 aromatic carbocycles. The van der Waals surface area contributed by atoms with E-state index in [1.54, 1.807) is 7.11 Å². The fourth-order valence-electron chi connectivity index (χ4n) is 3.30. The summed E-state index contributed by atoms with van der Waals surface area (Å²) in [5.41, 5.74) is 1.22. The predicted octanol–water partition coefficient (Wildman–Crippen LogP) is 2.77. The Labute approximate surface area is 174 Å². The summed E-state index contributed by atoms with van der Waals surface area (Å²) in [6.07, 6.45) is 3.34. The van der Waals surface area contributed by atoms with Crippen LogP contribution in [0.4, 0.5) is 0 Å². The van der Waals surface area contributed by atoms with E-state index < -0.39 is 0 Å². The van der Waals surface area contributed by atoms with Crippen LogP contribution in [0.1, 0.15) is 24.8 Å². The van der Waals surface area contributed by atoms with Crippen LogP contribution in [0.25, 0.3) is 0 Å². The maximum atomic E-state index is 6.29. The topological polar surface area (TPSA) is 58.1 Å². The molecule has 0 bridgehead atoms. The highest BCUT2D eigenvalue weighted by Gasteiger charge is 2.20. The van der Waals surface area contributed by atoms with Gasteiger partial charge in [-0.15, -0.1) is 0 Å². The third-order valence-electron chi connectivity index (χ3n) is 5.03. The quantitative estimate of drug-likeness (QED) is 0.334. The van der Waals surface area contributed by atoms with Crippen LogP contribution < -0.4 is 10.6 Å². The van der Waals surface area contributed by atoms with E-state index in [1.165, 1.54) is 18.4 Å². The molecule has 1 aromatic rings. The highest BCUT2D eigenvalue weighted by atomic mass is 35.5. The second-order valence-corrected chi connectivity index (χ2v) is 7.56. The smallest absolute Gasteiger partial charge is 0.190 e. The Morgan fingerprint density at radius 1 is 1.18 bits per heavy atom. The van der Waals surface area contributed by atoms with Crippen LogP contribution in [-0.4, -0.2) is 71.0 Å². The van der Waals surface area contributed by atoms with Gasteiger partial charge in [0.05, 0.1) is 13.2 Å². The lowest BCUT2D eigenvalue weighted by molar-refractivity contribution is 0.0698. The SMILES string of the molecule is CN=C(NCCCOCCOC)NCC1CCN(Cc2ccccc2Cl)CC1. The number of rotatable bonds is 11. The molecule has 0 aliphatic carbocycles. The number of aliphatic imine (C=N–C) groups is 1. The molecule has 0 saturated carbocycles. The second-order valence-electron chi connectivity index (χ2n) is 7.15. The van der Waals surface area contributed by atoms with E-state index in [2.05, 4.69) is 32.7 Å².